The molecule has 1 aromatic heterocycles. The minimum absolute atomic E-state index is 0.0719. The molecule has 0 bridgehead atoms. The number of thiophene rings is 1. The van der Waals surface area contributed by atoms with E-state index in [1.54, 1.807) is 59.9 Å². The standard InChI is InChI=1S/C48H36Cl2N4O6S/c49-39-16-7-32(20-40(39)50)27-59-38-14-12-35(13-15-38)45-47(56)52-41-22-36-23-43(54(26-37(36)24-44(41)60-45)18-1-2-31-17-19-61-28-31)46(55)53-42(48(57)58)21-29-3-8-33(9-4-29)34-10-5-30(25-51)6-11-34/h3-17,19-20,22,24,28,42-43,45H,18,21,23,26-27H2,(H,52,56)(H,53,55)(H,57,58). The molecule has 61 heavy (non-hydrogen) atoms. The van der Waals surface area contributed by atoms with E-state index in [0.29, 0.717) is 44.9 Å². The lowest BCUT2D eigenvalue weighted by Crippen LogP contribution is -2.54. The van der Waals surface area contributed by atoms with E-state index in [0.717, 1.165) is 38.9 Å². The van der Waals surface area contributed by atoms with Gasteiger partial charge in [0.15, 0.2) is 0 Å². The second kappa shape index (κ2) is 18.3. The summed E-state index contributed by atoms with van der Waals surface area (Å²) in [6.07, 6.45) is -0.587. The van der Waals surface area contributed by atoms with Crippen molar-refractivity contribution in [3.63, 3.8) is 0 Å². The van der Waals surface area contributed by atoms with Crippen LogP contribution >= 0.6 is 34.5 Å². The Labute approximate surface area is 366 Å². The van der Waals surface area contributed by atoms with Gasteiger partial charge in [0, 0.05) is 29.5 Å². The number of fused-ring (bicyclic) bond motifs is 2. The van der Waals surface area contributed by atoms with Gasteiger partial charge in [-0.05, 0) is 99.8 Å². The summed E-state index contributed by atoms with van der Waals surface area (Å²) in [5.41, 5.74) is 7.73. The van der Waals surface area contributed by atoms with Gasteiger partial charge in [0.25, 0.3) is 5.91 Å². The smallest absolute Gasteiger partial charge is 0.326 e. The molecule has 0 radical (unpaired) electrons. The zero-order valence-electron chi connectivity index (χ0n) is 32.4. The molecule has 8 rings (SSSR count). The highest BCUT2D eigenvalue weighted by Crippen LogP contribution is 2.40. The molecule has 6 aromatic rings. The highest BCUT2D eigenvalue weighted by molar-refractivity contribution is 7.08. The van der Waals surface area contributed by atoms with Gasteiger partial charge in [-0.2, -0.15) is 16.6 Å². The highest BCUT2D eigenvalue weighted by atomic mass is 35.5. The first kappa shape index (κ1) is 41.1. The van der Waals surface area contributed by atoms with Crippen LogP contribution in [0.5, 0.6) is 11.5 Å². The van der Waals surface area contributed by atoms with Crippen molar-refractivity contribution in [1.82, 2.24) is 10.2 Å². The summed E-state index contributed by atoms with van der Waals surface area (Å²) < 4.78 is 12.2. The number of aliphatic carboxylic acids is 1. The van der Waals surface area contributed by atoms with Crippen molar-refractivity contribution in [2.24, 2.45) is 0 Å². The van der Waals surface area contributed by atoms with Crippen LogP contribution in [0, 0.1) is 23.2 Å². The molecule has 0 fully saturated rings. The fourth-order valence-corrected chi connectivity index (χ4v) is 8.18. The van der Waals surface area contributed by atoms with Gasteiger partial charge in [-0.25, -0.2) is 4.79 Å². The van der Waals surface area contributed by atoms with Gasteiger partial charge in [0.1, 0.15) is 24.1 Å². The fraction of sp³-hybridized carbons (Fsp3) is 0.167. The molecule has 3 unspecified atom stereocenters. The summed E-state index contributed by atoms with van der Waals surface area (Å²) in [6, 6.07) is 32.9. The molecule has 0 saturated heterocycles. The van der Waals surface area contributed by atoms with E-state index in [2.05, 4.69) is 28.5 Å². The number of anilines is 1. The lowest BCUT2D eigenvalue weighted by molar-refractivity contribution is -0.142. The maximum Gasteiger partial charge on any atom is 0.326 e. The number of nitrogens with zero attached hydrogens (tertiary/aromatic N) is 2. The number of carboxylic acids is 1. The van der Waals surface area contributed by atoms with Crippen molar-refractivity contribution in [2.45, 2.75) is 44.2 Å². The Balaban J connectivity index is 0.973. The van der Waals surface area contributed by atoms with Gasteiger partial charge in [-0.15, -0.1) is 0 Å². The third-order valence-corrected chi connectivity index (χ3v) is 12.0. The van der Waals surface area contributed by atoms with Gasteiger partial charge < -0.3 is 25.2 Å². The number of benzene rings is 5. The maximum absolute atomic E-state index is 14.1. The maximum atomic E-state index is 14.1. The third kappa shape index (κ3) is 9.73. The average molecular weight is 868 g/mol. The monoisotopic (exact) mass is 866 g/mol. The Morgan fingerprint density at radius 1 is 0.918 bits per heavy atom. The number of amides is 2. The zero-order chi connectivity index (χ0) is 42.5. The van der Waals surface area contributed by atoms with Crippen molar-refractivity contribution in [3.05, 3.63) is 169 Å². The SMILES string of the molecule is N#Cc1ccc(-c2ccc(CC(NC(=O)C3Cc4cc5c(cc4CN3CC#Cc3ccsc3)OC(c3ccc(OCc4ccc(Cl)c(Cl)c4)cc3)C(=O)N5)C(=O)O)cc2)cc1. The first-order valence-corrected chi connectivity index (χ1v) is 21.0. The molecule has 0 aliphatic carbocycles. The number of nitriles is 1. The summed E-state index contributed by atoms with van der Waals surface area (Å²) in [7, 11) is 0. The molecular formula is C48H36Cl2N4O6S. The minimum Gasteiger partial charge on any atom is -0.489 e. The van der Waals surface area contributed by atoms with Crippen LogP contribution in [0.25, 0.3) is 11.1 Å². The van der Waals surface area contributed by atoms with E-state index < -0.39 is 30.1 Å². The van der Waals surface area contributed by atoms with E-state index >= 15 is 0 Å². The molecule has 304 valence electrons. The number of carbonyl (C=O) groups excluding carboxylic acids is 2. The first-order chi connectivity index (χ1) is 29.6. The van der Waals surface area contributed by atoms with Crippen LogP contribution in [-0.4, -0.2) is 46.4 Å². The molecule has 0 spiro atoms. The summed E-state index contributed by atoms with van der Waals surface area (Å²) in [5.74, 6) is 5.52. The molecule has 3 heterocycles. The Kier molecular flexibility index (Phi) is 12.4. The van der Waals surface area contributed by atoms with E-state index in [1.807, 2.05) is 76.3 Å². The van der Waals surface area contributed by atoms with Crippen LogP contribution in [0.2, 0.25) is 10.0 Å². The molecule has 13 heteroatoms. The Hall–Kier alpha value is -6.60. The highest BCUT2D eigenvalue weighted by Gasteiger charge is 2.36. The fourth-order valence-electron chi connectivity index (χ4n) is 7.28. The number of carbonyl (C=O) groups is 3. The summed E-state index contributed by atoms with van der Waals surface area (Å²) in [5, 5.41) is 30.0. The van der Waals surface area contributed by atoms with Crippen LogP contribution in [0.4, 0.5) is 5.69 Å². The Morgan fingerprint density at radius 3 is 2.34 bits per heavy atom. The molecule has 5 aromatic carbocycles. The van der Waals surface area contributed by atoms with Gasteiger partial charge in [-0.3, -0.25) is 14.5 Å². The van der Waals surface area contributed by atoms with Crippen LogP contribution < -0.4 is 20.1 Å². The molecule has 2 aliphatic rings. The van der Waals surface area contributed by atoms with Crippen molar-refractivity contribution in [3.8, 4) is 40.5 Å². The number of carboxylic acid groups (broad SMARTS) is 1. The van der Waals surface area contributed by atoms with E-state index in [1.165, 1.54) is 0 Å². The summed E-state index contributed by atoms with van der Waals surface area (Å²) >= 11 is 13.7. The van der Waals surface area contributed by atoms with Gasteiger partial charge in [0.2, 0.25) is 12.0 Å². The molecule has 3 N–H and O–H groups in total. The lowest BCUT2D eigenvalue weighted by Gasteiger charge is -2.36. The largest absolute Gasteiger partial charge is 0.489 e. The molecular weight excluding hydrogens is 832 g/mol. The van der Waals surface area contributed by atoms with Crippen LogP contribution in [0.3, 0.4) is 0 Å². The van der Waals surface area contributed by atoms with Crippen LogP contribution in [0.15, 0.2) is 120 Å². The first-order valence-electron chi connectivity index (χ1n) is 19.3. The molecule has 2 amide bonds. The van der Waals surface area contributed by atoms with Gasteiger partial charge in [-0.1, -0.05) is 89.6 Å². The zero-order valence-corrected chi connectivity index (χ0v) is 34.7. The summed E-state index contributed by atoms with van der Waals surface area (Å²) in [6.45, 7) is 0.866. The van der Waals surface area contributed by atoms with Crippen molar-refractivity contribution >= 4 is 58.0 Å². The average Bonchev–Trinajstić information content (AvgIpc) is 3.80. The van der Waals surface area contributed by atoms with E-state index in [9.17, 15) is 19.5 Å². The number of hydrogen-bond donors (Lipinski definition) is 3. The second-order valence-electron chi connectivity index (χ2n) is 14.6. The quantitative estimate of drug-likeness (QED) is 0.110. The van der Waals surface area contributed by atoms with Crippen molar-refractivity contribution < 1.29 is 29.0 Å². The molecule has 0 saturated carbocycles. The molecule has 3 atom stereocenters. The van der Waals surface area contributed by atoms with Crippen LogP contribution in [-0.2, 0) is 40.4 Å². The Bertz CT molecular complexity index is 2710. The number of hydrogen-bond acceptors (Lipinski definition) is 8. The van der Waals surface area contributed by atoms with Crippen molar-refractivity contribution in [1.29, 1.82) is 5.26 Å². The van der Waals surface area contributed by atoms with Crippen molar-refractivity contribution in [2.75, 3.05) is 11.9 Å². The van der Waals surface area contributed by atoms with E-state index in [-0.39, 0.29) is 31.9 Å². The predicted molar refractivity (Wildman–Crippen MR) is 235 cm³/mol. The number of ether oxygens (including phenoxy) is 2. The van der Waals surface area contributed by atoms with Gasteiger partial charge in [0.05, 0.1) is 40.0 Å². The minimum atomic E-state index is -1.19. The topological polar surface area (TPSA) is 141 Å². The Morgan fingerprint density at radius 2 is 1.66 bits per heavy atom. The predicted octanol–water partition coefficient (Wildman–Crippen LogP) is 8.84. The number of nitrogens with one attached hydrogen (secondary N) is 2. The normalized spacial score (nSPS) is 16.0. The second-order valence-corrected chi connectivity index (χ2v) is 16.2. The third-order valence-electron chi connectivity index (χ3n) is 10.5. The van der Waals surface area contributed by atoms with E-state index in [4.69, 9.17) is 37.9 Å². The summed E-state index contributed by atoms with van der Waals surface area (Å²) in [4.78, 5) is 42.0. The number of rotatable bonds is 11. The molecule has 2 aliphatic heterocycles. The number of halogens is 2. The van der Waals surface area contributed by atoms with Gasteiger partial charge >= 0.3 is 5.97 Å². The molecule has 10 nitrogen and oxygen atoms in total. The lowest BCUT2D eigenvalue weighted by atomic mass is 9.91. The van der Waals surface area contributed by atoms with Crippen LogP contribution in [0.1, 0.15) is 45.0 Å².